The third-order valence-corrected chi connectivity index (χ3v) is 6.23. The van der Waals surface area contributed by atoms with Crippen LogP contribution in [0.1, 0.15) is 46.7 Å². The molecule has 0 aliphatic carbocycles. The van der Waals surface area contributed by atoms with E-state index < -0.39 is 0 Å². The molecule has 0 bridgehead atoms. The molecule has 4 rings (SSSR count). The van der Waals surface area contributed by atoms with Crippen molar-refractivity contribution < 1.29 is 4.79 Å². The Labute approximate surface area is 166 Å². The van der Waals surface area contributed by atoms with Gasteiger partial charge in [-0.1, -0.05) is 35.9 Å². The van der Waals surface area contributed by atoms with Crippen molar-refractivity contribution in [3.05, 3.63) is 70.2 Å². The van der Waals surface area contributed by atoms with Crippen LogP contribution in [0.4, 0.5) is 0 Å². The van der Waals surface area contributed by atoms with E-state index in [1.807, 2.05) is 29.2 Å². The quantitative estimate of drug-likeness (QED) is 0.843. The van der Waals surface area contributed by atoms with Gasteiger partial charge in [-0.25, -0.2) is 0 Å². The standard InChI is InChI=1S/C23H27ClN2O/c24-22-7-1-17(2-8-22)15-18-11-14-26(16-18)23(27)21-5-3-19(4-6-21)20-9-12-25-13-10-20/h1-8,18,20,25H,9-16H2. The molecule has 2 heterocycles. The van der Waals surface area contributed by atoms with Gasteiger partial charge in [-0.3, -0.25) is 4.79 Å². The SMILES string of the molecule is O=C(c1ccc(C2CCNCC2)cc1)N1CCC(Cc2ccc(Cl)cc2)C1. The van der Waals surface area contributed by atoms with Gasteiger partial charge in [0, 0.05) is 23.7 Å². The summed E-state index contributed by atoms with van der Waals surface area (Å²) in [7, 11) is 0. The van der Waals surface area contributed by atoms with Gasteiger partial charge in [0.15, 0.2) is 0 Å². The smallest absolute Gasteiger partial charge is 0.253 e. The number of rotatable bonds is 4. The van der Waals surface area contributed by atoms with Gasteiger partial charge in [0.05, 0.1) is 0 Å². The molecular weight excluding hydrogens is 356 g/mol. The highest BCUT2D eigenvalue weighted by molar-refractivity contribution is 6.30. The van der Waals surface area contributed by atoms with Gasteiger partial charge in [-0.2, -0.15) is 0 Å². The van der Waals surface area contributed by atoms with E-state index >= 15 is 0 Å². The zero-order valence-electron chi connectivity index (χ0n) is 15.7. The maximum atomic E-state index is 12.9. The van der Waals surface area contributed by atoms with Crippen molar-refractivity contribution in [3.8, 4) is 0 Å². The Balaban J connectivity index is 1.34. The molecule has 3 nitrogen and oxygen atoms in total. The van der Waals surface area contributed by atoms with Gasteiger partial charge in [0.25, 0.3) is 5.91 Å². The van der Waals surface area contributed by atoms with Gasteiger partial charge in [-0.15, -0.1) is 0 Å². The first-order chi connectivity index (χ1) is 13.2. The van der Waals surface area contributed by atoms with Crippen molar-refractivity contribution in [1.29, 1.82) is 0 Å². The van der Waals surface area contributed by atoms with E-state index in [0.717, 1.165) is 49.6 Å². The first-order valence-electron chi connectivity index (χ1n) is 10.0. The van der Waals surface area contributed by atoms with Crippen LogP contribution in [-0.2, 0) is 6.42 Å². The fourth-order valence-corrected chi connectivity index (χ4v) is 4.50. The number of halogens is 1. The summed E-state index contributed by atoms with van der Waals surface area (Å²) in [4.78, 5) is 14.9. The van der Waals surface area contributed by atoms with Crippen molar-refractivity contribution in [1.82, 2.24) is 10.2 Å². The molecule has 0 saturated carbocycles. The number of piperidine rings is 1. The summed E-state index contributed by atoms with van der Waals surface area (Å²) in [6.45, 7) is 3.88. The lowest BCUT2D eigenvalue weighted by Gasteiger charge is -2.23. The van der Waals surface area contributed by atoms with Gasteiger partial charge in [0.1, 0.15) is 0 Å². The van der Waals surface area contributed by atoms with Gasteiger partial charge in [-0.05, 0) is 86.0 Å². The first kappa shape index (κ1) is 18.5. The maximum absolute atomic E-state index is 12.9. The van der Waals surface area contributed by atoms with Gasteiger partial charge < -0.3 is 10.2 Å². The van der Waals surface area contributed by atoms with Crippen LogP contribution >= 0.6 is 11.6 Å². The normalized spacial score (nSPS) is 20.8. The molecule has 1 unspecified atom stereocenters. The van der Waals surface area contributed by atoms with Crippen LogP contribution in [0.5, 0.6) is 0 Å². The van der Waals surface area contributed by atoms with Crippen LogP contribution < -0.4 is 5.32 Å². The molecule has 2 fully saturated rings. The summed E-state index contributed by atoms with van der Waals surface area (Å²) in [5, 5.41) is 4.18. The molecule has 2 aliphatic rings. The Bertz CT molecular complexity index is 766. The highest BCUT2D eigenvalue weighted by Crippen LogP contribution is 2.27. The van der Waals surface area contributed by atoms with E-state index in [1.54, 1.807) is 0 Å². The summed E-state index contributed by atoms with van der Waals surface area (Å²) >= 11 is 5.97. The highest BCUT2D eigenvalue weighted by Gasteiger charge is 2.27. The second-order valence-corrected chi connectivity index (χ2v) is 8.32. The second kappa shape index (κ2) is 8.45. The number of nitrogens with zero attached hydrogens (tertiary/aromatic N) is 1. The Hall–Kier alpha value is -1.84. The van der Waals surface area contributed by atoms with E-state index in [4.69, 9.17) is 11.6 Å². The number of carbonyl (C=O) groups is 1. The minimum absolute atomic E-state index is 0.172. The second-order valence-electron chi connectivity index (χ2n) is 7.88. The molecule has 4 heteroatoms. The Morgan fingerprint density at radius 1 is 1.00 bits per heavy atom. The van der Waals surface area contributed by atoms with Crippen molar-refractivity contribution >= 4 is 17.5 Å². The summed E-state index contributed by atoms with van der Waals surface area (Å²) in [6, 6.07) is 16.4. The minimum atomic E-state index is 0.172. The predicted molar refractivity (Wildman–Crippen MR) is 110 cm³/mol. The zero-order chi connectivity index (χ0) is 18.6. The average molecular weight is 383 g/mol. The minimum Gasteiger partial charge on any atom is -0.338 e. The molecule has 2 aromatic carbocycles. The first-order valence-corrected chi connectivity index (χ1v) is 10.4. The molecule has 2 aromatic rings. The molecule has 142 valence electrons. The molecule has 1 amide bonds. The van der Waals surface area contributed by atoms with Gasteiger partial charge in [0.2, 0.25) is 0 Å². The number of nitrogens with one attached hydrogen (secondary N) is 1. The van der Waals surface area contributed by atoms with Crippen molar-refractivity contribution in [2.75, 3.05) is 26.2 Å². The van der Waals surface area contributed by atoms with Crippen LogP contribution in [0.15, 0.2) is 48.5 Å². The largest absolute Gasteiger partial charge is 0.338 e. The molecular formula is C23H27ClN2O. The third kappa shape index (κ3) is 4.53. The van der Waals surface area contributed by atoms with E-state index in [2.05, 4.69) is 29.6 Å². The monoisotopic (exact) mass is 382 g/mol. The summed E-state index contributed by atoms with van der Waals surface area (Å²) in [6.07, 6.45) is 4.45. The fraction of sp³-hybridized carbons (Fsp3) is 0.435. The summed E-state index contributed by atoms with van der Waals surface area (Å²) < 4.78 is 0. The predicted octanol–water partition coefficient (Wildman–Crippen LogP) is 4.51. The molecule has 2 aliphatic heterocycles. The van der Waals surface area contributed by atoms with Crippen LogP contribution in [-0.4, -0.2) is 37.0 Å². The number of hydrogen-bond donors (Lipinski definition) is 1. The third-order valence-electron chi connectivity index (χ3n) is 5.98. The van der Waals surface area contributed by atoms with Crippen LogP contribution in [0.2, 0.25) is 5.02 Å². The lowest BCUT2D eigenvalue weighted by molar-refractivity contribution is 0.0787. The Morgan fingerprint density at radius 3 is 2.41 bits per heavy atom. The topological polar surface area (TPSA) is 32.3 Å². The Morgan fingerprint density at radius 2 is 1.70 bits per heavy atom. The number of hydrogen-bond acceptors (Lipinski definition) is 2. The lowest BCUT2D eigenvalue weighted by Crippen LogP contribution is -2.29. The van der Waals surface area contributed by atoms with Crippen molar-refractivity contribution in [3.63, 3.8) is 0 Å². The summed E-state index contributed by atoms with van der Waals surface area (Å²) in [5.41, 5.74) is 3.49. The molecule has 1 atom stereocenters. The molecule has 27 heavy (non-hydrogen) atoms. The van der Waals surface area contributed by atoms with Crippen LogP contribution in [0, 0.1) is 5.92 Å². The zero-order valence-corrected chi connectivity index (χ0v) is 16.4. The fourth-order valence-electron chi connectivity index (χ4n) is 4.37. The molecule has 0 aromatic heterocycles. The van der Waals surface area contributed by atoms with E-state index in [0.29, 0.717) is 11.8 Å². The number of amides is 1. The highest BCUT2D eigenvalue weighted by atomic mass is 35.5. The van der Waals surface area contributed by atoms with Gasteiger partial charge >= 0.3 is 0 Å². The van der Waals surface area contributed by atoms with E-state index in [1.165, 1.54) is 24.0 Å². The van der Waals surface area contributed by atoms with Crippen LogP contribution in [0.25, 0.3) is 0 Å². The van der Waals surface area contributed by atoms with Crippen LogP contribution in [0.3, 0.4) is 0 Å². The molecule has 1 N–H and O–H groups in total. The van der Waals surface area contributed by atoms with E-state index in [9.17, 15) is 4.79 Å². The average Bonchev–Trinajstić information content (AvgIpc) is 3.18. The van der Waals surface area contributed by atoms with Crippen molar-refractivity contribution in [2.24, 2.45) is 5.92 Å². The maximum Gasteiger partial charge on any atom is 0.253 e. The molecule has 0 spiro atoms. The number of carbonyl (C=O) groups excluding carboxylic acids is 1. The van der Waals surface area contributed by atoms with Crippen molar-refractivity contribution in [2.45, 2.75) is 31.6 Å². The lowest BCUT2D eigenvalue weighted by atomic mass is 9.90. The molecule has 2 saturated heterocycles. The molecule has 0 radical (unpaired) electrons. The van der Waals surface area contributed by atoms with E-state index in [-0.39, 0.29) is 5.91 Å². The summed E-state index contributed by atoms with van der Waals surface area (Å²) in [5.74, 6) is 1.33. The Kier molecular flexibility index (Phi) is 5.80. The number of benzene rings is 2. The number of likely N-dealkylation sites (tertiary alicyclic amines) is 1.